The molecule has 0 spiro atoms. The molecule has 4 aromatic rings. The largest absolute Gasteiger partial charge is 0.496 e. The Morgan fingerprint density at radius 2 is 1.85 bits per heavy atom. The van der Waals surface area contributed by atoms with Gasteiger partial charge in [-0.1, -0.05) is 30.3 Å². The standard InChI is InChI=1S/C23H19NO3/c1-23(2)11-10-15-17(27-23)12-18(26-3)19-21(15)24-20-14-7-5-4-6-13(14)8-9-16(20)22(19)25/h4-12H,1-3H3,(H,24,25). The van der Waals surface area contributed by atoms with Gasteiger partial charge in [-0.25, -0.2) is 0 Å². The third kappa shape index (κ3) is 2.26. The molecule has 4 nitrogen and oxygen atoms in total. The highest BCUT2D eigenvalue weighted by Gasteiger charge is 2.26. The van der Waals surface area contributed by atoms with Crippen molar-refractivity contribution >= 4 is 38.7 Å². The van der Waals surface area contributed by atoms with E-state index < -0.39 is 5.60 Å². The molecule has 0 atom stereocenters. The number of aromatic amines is 1. The van der Waals surface area contributed by atoms with Crippen molar-refractivity contribution in [2.24, 2.45) is 0 Å². The van der Waals surface area contributed by atoms with E-state index in [9.17, 15) is 4.79 Å². The van der Waals surface area contributed by atoms with Crippen molar-refractivity contribution in [1.29, 1.82) is 0 Å². The first kappa shape index (κ1) is 15.9. The maximum Gasteiger partial charge on any atom is 0.201 e. The van der Waals surface area contributed by atoms with Gasteiger partial charge in [0.25, 0.3) is 0 Å². The fraction of sp³-hybridized carbons (Fsp3) is 0.174. The summed E-state index contributed by atoms with van der Waals surface area (Å²) < 4.78 is 11.7. The van der Waals surface area contributed by atoms with Crippen molar-refractivity contribution in [2.75, 3.05) is 7.11 Å². The van der Waals surface area contributed by atoms with Crippen LogP contribution in [0.2, 0.25) is 0 Å². The van der Waals surface area contributed by atoms with Crippen molar-refractivity contribution in [2.45, 2.75) is 19.4 Å². The number of aromatic nitrogens is 1. The fourth-order valence-corrected chi connectivity index (χ4v) is 3.87. The van der Waals surface area contributed by atoms with Gasteiger partial charge >= 0.3 is 0 Å². The lowest BCUT2D eigenvalue weighted by Crippen LogP contribution is -2.27. The minimum absolute atomic E-state index is 0.0395. The van der Waals surface area contributed by atoms with Crippen molar-refractivity contribution < 1.29 is 9.47 Å². The molecule has 1 N–H and O–H groups in total. The highest BCUT2D eigenvalue weighted by molar-refractivity contribution is 6.10. The van der Waals surface area contributed by atoms with Gasteiger partial charge in [0, 0.05) is 22.4 Å². The van der Waals surface area contributed by atoms with Gasteiger partial charge in [-0.15, -0.1) is 0 Å². The number of ether oxygens (including phenoxy) is 2. The van der Waals surface area contributed by atoms with Gasteiger partial charge in [0.05, 0.1) is 23.5 Å². The molecule has 2 heterocycles. The molecule has 0 bridgehead atoms. The van der Waals surface area contributed by atoms with Gasteiger partial charge in [-0.2, -0.15) is 0 Å². The van der Waals surface area contributed by atoms with E-state index in [-0.39, 0.29) is 5.43 Å². The Morgan fingerprint density at radius 3 is 2.67 bits per heavy atom. The lowest BCUT2D eigenvalue weighted by molar-refractivity contribution is 0.159. The fourth-order valence-electron chi connectivity index (χ4n) is 3.87. The topological polar surface area (TPSA) is 51.3 Å². The van der Waals surface area contributed by atoms with Crippen molar-refractivity contribution in [3.63, 3.8) is 0 Å². The molecule has 0 saturated carbocycles. The van der Waals surface area contributed by atoms with Gasteiger partial charge in [0.2, 0.25) is 5.43 Å². The zero-order valence-electron chi connectivity index (χ0n) is 15.4. The number of rotatable bonds is 1. The lowest BCUT2D eigenvalue weighted by atomic mass is 9.97. The highest BCUT2D eigenvalue weighted by Crippen LogP contribution is 2.40. The van der Waals surface area contributed by atoms with Gasteiger partial charge in [0.1, 0.15) is 17.1 Å². The second-order valence-corrected chi connectivity index (χ2v) is 7.44. The molecule has 0 aliphatic carbocycles. The molecule has 1 aliphatic heterocycles. The Balaban J connectivity index is 2.01. The number of methoxy groups -OCH3 is 1. The zero-order chi connectivity index (χ0) is 18.8. The number of H-pyrrole nitrogens is 1. The Hall–Kier alpha value is -3.27. The molecule has 0 amide bonds. The molecule has 134 valence electrons. The molecular formula is C23H19NO3. The summed E-state index contributed by atoms with van der Waals surface area (Å²) in [5.41, 5.74) is 2.00. The summed E-state index contributed by atoms with van der Waals surface area (Å²) in [7, 11) is 1.58. The molecule has 3 aromatic carbocycles. The van der Waals surface area contributed by atoms with E-state index in [1.54, 1.807) is 7.11 Å². The minimum atomic E-state index is -0.407. The molecular weight excluding hydrogens is 338 g/mol. The van der Waals surface area contributed by atoms with Crippen LogP contribution in [0.25, 0.3) is 38.7 Å². The van der Waals surface area contributed by atoms with Crippen LogP contribution < -0.4 is 14.9 Å². The number of nitrogens with one attached hydrogen (secondary N) is 1. The van der Waals surface area contributed by atoms with Gasteiger partial charge in [-0.3, -0.25) is 4.79 Å². The monoisotopic (exact) mass is 357 g/mol. The van der Waals surface area contributed by atoms with Crippen LogP contribution in [0.3, 0.4) is 0 Å². The smallest absolute Gasteiger partial charge is 0.201 e. The number of benzene rings is 3. The second kappa shape index (κ2) is 5.36. The summed E-state index contributed by atoms with van der Waals surface area (Å²) in [5, 5.41) is 3.31. The predicted octanol–water partition coefficient (Wildman–Crippen LogP) is 5.03. The Bertz CT molecular complexity index is 1330. The van der Waals surface area contributed by atoms with E-state index in [4.69, 9.17) is 9.47 Å². The summed E-state index contributed by atoms with van der Waals surface area (Å²) in [6, 6.07) is 13.7. The van der Waals surface area contributed by atoms with Crippen molar-refractivity contribution in [3.8, 4) is 11.5 Å². The Labute approximate surface area is 156 Å². The average molecular weight is 357 g/mol. The normalized spacial score (nSPS) is 15.1. The first-order chi connectivity index (χ1) is 13.0. The van der Waals surface area contributed by atoms with E-state index >= 15 is 0 Å². The summed E-state index contributed by atoms with van der Waals surface area (Å²) in [5.74, 6) is 1.23. The molecule has 0 radical (unpaired) electrons. The van der Waals surface area contributed by atoms with Crippen LogP contribution in [0.15, 0.2) is 53.3 Å². The molecule has 1 aromatic heterocycles. The summed E-state index contributed by atoms with van der Waals surface area (Å²) in [6.07, 6.45) is 4.03. The van der Waals surface area contributed by atoms with Crippen LogP contribution in [0.4, 0.5) is 0 Å². The third-order valence-corrected chi connectivity index (χ3v) is 5.19. The molecule has 0 fully saturated rings. The van der Waals surface area contributed by atoms with E-state index in [0.29, 0.717) is 22.3 Å². The maximum atomic E-state index is 13.4. The molecule has 0 saturated heterocycles. The molecule has 27 heavy (non-hydrogen) atoms. The van der Waals surface area contributed by atoms with Gasteiger partial charge < -0.3 is 14.5 Å². The SMILES string of the molecule is COc1cc2c(c3[nH]c4c(ccc5ccccc54)c(=O)c13)C=CC(C)(C)O2. The third-order valence-electron chi connectivity index (χ3n) is 5.19. The molecule has 4 heteroatoms. The van der Waals surface area contributed by atoms with E-state index in [1.165, 1.54) is 0 Å². The summed E-state index contributed by atoms with van der Waals surface area (Å²) >= 11 is 0. The molecule has 0 unspecified atom stereocenters. The first-order valence-corrected chi connectivity index (χ1v) is 8.95. The highest BCUT2D eigenvalue weighted by atomic mass is 16.5. The molecule has 5 rings (SSSR count). The van der Waals surface area contributed by atoms with Crippen LogP contribution in [0.1, 0.15) is 19.4 Å². The quantitative estimate of drug-likeness (QED) is 0.384. The Morgan fingerprint density at radius 1 is 1.04 bits per heavy atom. The summed E-state index contributed by atoms with van der Waals surface area (Å²) in [4.78, 5) is 16.9. The van der Waals surface area contributed by atoms with Gasteiger partial charge in [-0.05, 0) is 37.5 Å². The summed E-state index contributed by atoms with van der Waals surface area (Å²) in [6.45, 7) is 4.00. The van der Waals surface area contributed by atoms with Crippen molar-refractivity contribution in [1.82, 2.24) is 4.98 Å². The van der Waals surface area contributed by atoms with Crippen LogP contribution in [0.5, 0.6) is 11.5 Å². The second-order valence-electron chi connectivity index (χ2n) is 7.44. The first-order valence-electron chi connectivity index (χ1n) is 8.95. The van der Waals surface area contributed by atoms with E-state index in [2.05, 4.69) is 4.98 Å². The Kier molecular flexibility index (Phi) is 3.17. The number of pyridine rings is 1. The average Bonchev–Trinajstić information content (AvgIpc) is 2.66. The molecule has 1 aliphatic rings. The van der Waals surface area contributed by atoms with Crippen LogP contribution in [-0.4, -0.2) is 17.7 Å². The predicted molar refractivity (Wildman–Crippen MR) is 110 cm³/mol. The van der Waals surface area contributed by atoms with E-state index in [0.717, 1.165) is 27.4 Å². The van der Waals surface area contributed by atoms with Crippen LogP contribution in [0, 0.1) is 0 Å². The van der Waals surface area contributed by atoms with Gasteiger partial charge in [0.15, 0.2) is 0 Å². The number of hydrogen-bond donors (Lipinski definition) is 1. The lowest BCUT2D eigenvalue weighted by Gasteiger charge is -2.29. The van der Waals surface area contributed by atoms with E-state index in [1.807, 2.05) is 68.5 Å². The minimum Gasteiger partial charge on any atom is -0.496 e. The number of fused-ring (bicyclic) bond motifs is 6. The zero-order valence-corrected chi connectivity index (χ0v) is 15.4. The van der Waals surface area contributed by atoms with Crippen molar-refractivity contribution in [3.05, 3.63) is 64.3 Å². The number of hydrogen-bond acceptors (Lipinski definition) is 3. The van der Waals surface area contributed by atoms with Crippen LogP contribution in [-0.2, 0) is 0 Å². The van der Waals surface area contributed by atoms with Crippen LogP contribution >= 0.6 is 0 Å². The maximum absolute atomic E-state index is 13.4.